The molecule has 1 aliphatic rings. The van der Waals surface area contributed by atoms with Gasteiger partial charge in [-0.2, -0.15) is 0 Å². The van der Waals surface area contributed by atoms with Gasteiger partial charge in [-0.05, 0) is 73.4 Å². The summed E-state index contributed by atoms with van der Waals surface area (Å²) >= 11 is 5.35. The Morgan fingerprint density at radius 1 is 1.16 bits per heavy atom. The van der Waals surface area contributed by atoms with Gasteiger partial charge in [0.25, 0.3) is 0 Å². The summed E-state index contributed by atoms with van der Waals surface area (Å²) in [6, 6.07) is 11.4. The molecular formula is C23H30N4O3S. The summed E-state index contributed by atoms with van der Waals surface area (Å²) in [5.74, 6) is 1.33. The molecule has 2 aromatic carbocycles. The Balaban J connectivity index is 1.90. The highest BCUT2D eigenvalue weighted by molar-refractivity contribution is 7.80. The molecule has 7 nitrogen and oxygen atoms in total. The number of thiocarbonyl (C=S) groups is 1. The van der Waals surface area contributed by atoms with Crippen LogP contribution in [0.5, 0.6) is 11.5 Å². The first-order valence-corrected chi connectivity index (χ1v) is 10.8. The van der Waals surface area contributed by atoms with Gasteiger partial charge in [-0.25, -0.2) is 4.79 Å². The smallest absolute Gasteiger partial charge is 0.322 e. The van der Waals surface area contributed by atoms with Gasteiger partial charge >= 0.3 is 6.03 Å². The summed E-state index contributed by atoms with van der Waals surface area (Å²) < 4.78 is 11.0. The highest BCUT2D eigenvalue weighted by atomic mass is 32.1. The second kappa shape index (κ2) is 10.3. The Bertz CT molecular complexity index is 950. The minimum absolute atomic E-state index is 0.146. The lowest BCUT2D eigenvalue weighted by atomic mass is 9.92. The summed E-state index contributed by atoms with van der Waals surface area (Å²) in [5, 5.41) is 9.94. The maximum atomic E-state index is 13.2. The van der Waals surface area contributed by atoms with E-state index < -0.39 is 0 Å². The molecular weight excluding hydrogens is 412 g/mol. The molecule has 0 fully saturated rings. The van der Waals surface area contributed by atoms with Crippen LogP contribution >= 0.6 is 12.2 Å². The van der Waals surface area contributed by atoms with Gasteiger partial charge in [-0.15, -0.1) is 0 Å². The molecule has 0 saturated carbocycles. The minimum atomic E-state index is -0.218. The number of carbonyl (C=O) groups excluding carboxylic acids is 1. The molecule has 31 heavy (non-hydrogen) atoms. The number of carbonyl (C=O) groups is 1. The van der Waals surface area contributed by atoms with Crippen molar-refractivity contribution in [2.75, 3.05) is 39.2 Å². The van der Waals surface area contributed by atoms with Gasteiger partial charge in [0.2, 0.25) is 0 Å². The van der Waals surface area contributed by atoms with Crippen molar-refractivity contribution in [1.82, 2.24) is 15.5 Å². The highest BCUT2D eigenvalue weighted by Gasteiger charge is 2.32. The van der Waals surface area contributed by atoms with Crippen LogP contribution in [-0.4, -0.2) is 49.9 Å². The summed E-state index contributed by atoms with van der Waals surface area (Å²) in [6.07, 6.45) is 0.727. The lowest BCUT2D eigenvalue weighted by Gasteiger charge is -2.38. The molecule has 1 heterocycles. The van der Waals surface area contributed by atoms with E-state index in [0.717, 1.165) is 35.3 Å². The molecule has 0 radical (unpaired) electrons. The second-order valence-electron chi connectivity index (χ2n) is 7.41. The monoisotopic (exact) mass is 442 g/mol. The summed E-state index contributed by atoms with van der Waals surface area (Å²) in [5.41, 5.74) is 4.03. The molecule has 2 amide bonds. The van der Waals surface area contributed by atoms with Gasteiger partial charge in [-0.1, -0.05) is 12.1 Å². The summed E-state index contributed by atoms with van der Waals surface area (Å²) in [7, 11) is 3.24. The van der Waals surface area contributed by atoms with E-state index in [0.29, 0.717) is 29.7 Å². The first-order chi connectivity index (χ1) is 15.0. The summed E-state index contributed by atoms with van der Waals surface area (Å²) in [6.45, 7) is 5.79. The van der Waals surface area contributed by atoms with Crippen molar-refractivity contribution in [2.24, 2.45) is 0 Å². The second-order valence-corrected chi connectivity index (χ2v) is 7.81. The van der Waals surface area contributed by atoms with Crippen molar-refractivity contribution in [1.29, 1.82) is 0 Å². The van der Waals surface area contributed by atoms with Gasteiger partial charge in [0.05, 0.1) is 20.3 Å². The summed E-state index contributed by atoms with van der Waals surface area (Å²) in [4.78, 5) is 15.1. The molecule has 1 aliphatic heterocycles. The predicted molar refractivity (Wildman–Crippen MR) is 127 cm³/mol. The van der Waals surface area contributed by atoms with Crippen molar-refractivity contribution in [3.05, 3.63) is 53.1 Å². The van der Waals surface area contributed by atoms with Gasteiger partial charge in [0, 0.05) is 25.3 Å². The van der Waals surface area contributed by atoms with Crippen LogP contribution in [0.1, 0.15) is 29.7 Å². The Morgan fingerprint density at radius 3 is 2.58 bits per heavy atom. The largest absolute Gasteiger partial charge is 0.493 e. The Hall–Kier alpha value is -3.00. The van der Waals surface area contributed by atoms with Crippen LogP contribution in [0.25, 0.3) is 0 Å². The van der Waals surface area contributed by atoms with Crippen LogP contribution in [0.2, 0.25) is 0 Å². The van der Waals surface area contributed by atoms with Crippen molar-refractivity contribution in [3.8, 4) is 11.5 Å². The topological polar surface area (TPSA) is 74.9 Å². The number of anilines is 1. The maximum Gasteiger partial charge on any atom is 0.322 e. The van der Waals surface area contributed by atoms with Gasteiger partial charge in [0.15, 0.2) is 16.6 Å². The quantitative estimate of drug-likeness (QED) is 0.594. The normalized spacial score (nSPS) is 15.0. The number of hydrogen-bond acceptors (Lipinski definition) is 4. The highest BCUT2D eigenvalue weighted by Crippen LogP contribution is 2.38. The third-order valence-electron chi connectivity index (χ3n) is 5.33. The molecule has 3 rings (SSSR count). The molecule has 0 bridgehead atoms. The van der Waals surface area contributed by atoms with E-state index in [-0.39, 0.29) is 12.1 Å². The third-order valence-corrected chi connectivity index (χ3v) is 5.61. The first kappa shape index (κ1) is 22.7. The number of amides is 2. The van der Waals surface area contributed by atoms with E-state index in [1.807, 2.05) is 55.1 Å². The molecule has 3 N–H and O–H groups in total. The Labute approximate surface area is 189 Å². The number of nitrogens with one attached hydrogen (secondary N) is 3. The number of hydrogen-bond donors (Lipinski definition) is 3. The zero-order valence-corrected chi connectivity index (χ0v) is 19.3. The first-order valence-electron chi connectivity index (χ1n) is 10.4. The number of urea groups is 1. The van der Waals surface area contributed by atoms with Crippen LogP contribution in [-0.2, 0) is 6.42 Å². The van der Waals surface area contributed by atoms with Crippen LogP contribution in [0, 0.1) is 6.92 Å². The standard InChI is InChI=1S/C23H30N4O3S/c1-5-24-22(31)25-14-19-18-13-21(30-4)20(29-3)12-16(18)9-10-27(19)23(28)26-17-8-6-7-15(2)11-17/h6-8,11-13,19H,5,9-10,14H2,1-4H3,(H,26,28)(H2,24,25,31)/t19-/m1/s1. The number of fused-ring (bicyclic) bond motifs is 1. The molecule has 0 aromatic heterocycles. The molecule has 1 atom stereocenters. The van der Waals surface area contributed by atoms with E-state index in [2.05, 4.69) is 16.0 Å². The van der Waals surface area contributed by atoms with Crippen molar-refractivity contribution < 1.29 is 14.3 Å². The fraction of sp³-hybridized carbons (Fsp3) is 0.391. The maximum absolute atomic E-state index is 13.2. The predicted octanol–water partition coefficient (Wildman–Crippen LogP) is 3.63. The molecule has 0 unspecified atom stereocenters. The van der Waals surface area contributed by atoms with Crippen LogP contribution < -0.4 is 25.4 Å². The van der Waals surface area contributed by atoms with E-state index in [1.54, 1.807) is 14.2 Å². The number of ether oxygens (including phenoxy) is 2. The van der Waals surface area contributed by atoms with Crippen LogP contribution in [0.15, 0.2) is 36.4 Å². The molecule has 2 aromatic rings. The number of methoxy groups -OCH3 is 2. The zero-order chi connectivity index (χ0) is 22.4. The minimum Gasteiger partial charge on any atom is -0.493 e. The number of nitrogens with zero attached hydrogens (tertiary/aromatic N) is 1. The third kappa shape index (κ3) is 5.38. The number of aryl methyl sites for hydroxylation is 1. The SMILES string of the molecule is CCNC(=S)NC[C@@H]1c2cc(OC)c(OC)cc2CCN1C(=O)Nc1cccc(C)c1. The van der Waals surface area contributed by atoms with Gasteiger partial charge in [0.1, 0.15) is 0 Å². The van der Waals surface area contributed by atoms with E-state index in [4.69, 9.17) is 21.7 Å². The Morgan fingerprint density at radius 2 is 1.90 bits per heavy atom. The lowest BCUT2D eigenvalue weighted by Crippen LogP contribution is -2.48. The average molecular weight is 443 g/mol. The number of benzene rings is 2. The van der Waals surface area contributed by atoms with Gasteiger partial charge in [-0.3, -0.25) is 0 Å². The molecule has 0 aliphatic carbocycles. The average Bonchev–Trinajstić information content (AvgIpc) is 2.76. The fourth-order valence-electron chi connectivity index (χ4n) is 3.82. The van der Waals surface area contributed by atoms with Crippen molar-refractivity contribution >= 4 is 29.0 Å². The molecule has 166 valence electrons. The molecule has 0 spiro atoms. The van der Waals surface area contributed by atoms with E-state index >= 15 is 0 Å². The number of rotatable bonds is 6. The zero-order valence-electron chi connectivity index (χ0n) is 18.5. The van der Waals surface area contributed by atoms with Gasteiger partial charge < -0.3 is 30.3 Å². The van der Waals surface area contributed by atoms with E-state index in [1.165, 1.54) is 0 Å². The van der Waals surface area contributed by atoms with Crippen molar-refractivity contribution in [3.63, 3.8) is 0 Å². The Kier molecular flexibility index (Phi) is 7.57. The van der Waals surface area contributed by atoms with E-state index in [9.17, 15) is 4.79 Å². The lowest BCUT2D eigenvalue weighted by molar-refractivity contribution is 0.182. The van der Waals surface area contributed by atoms with Crippen LogP contribution in [0.4, 0.5) is 10.5 Å². The molecule has 8 heteroatoms. The van der Waals surface area contributed by atoms with Crippen LogP contribution in [0.3, 0.4) is 0 Å². The fourth-order valence-corrected chi connectivity index (χ4v) is 4.05. The van der Waals surface area contributed by atoms with Crippen molar-refractivity contribution in [2.45, 2.75) is 26.3 Å². The molecule has 0 saturated heterocycles.